The quantitative estimate of drug-likeness (QED) is 0.646. The third-order valence-electron chi connectivity index (χ3n) is 3.39. The highest BCUT2D eigenvalue weighted by molar-refractivity contribution is 7.93. The highest BCUT2D eigenvalue weighted by atomic mass is 32.2. The van der Waals surface area contributed by atoms with E-state index in [2.05, 4.69) is 5.92 Å². The molecule has 2 heterocycles. The molecule has 2 saturated heterocycles. The van der Waals surface area contributed by atoms with Gasteiger partial charge >= 0.3 is 0 Å². The summed E-state index contributed by atoms with van der Waals surface area (Å²) in [5, 5.41) is 9.38. The first-order chi connectivity index (χ1) is 6.48. The predicted octanol–water partition coefficient (Wildman–Crippen LogP) is 0.480. The summed E-state index contributed by atoms with van der Waals surface area (Å²) < 4.78 is 23.4. The molecule has 2 rings (SSSR count). The predicted molar refractivity (Wildman–Crippen MR) is 53.4 cm³/mol. The molecule has 0 aliphatic carbocycles. The van der Waals surface area contributed by atoms with E-state index in [9.17, 15) is 13.5 Å². The van der Waals surface area contributed by atoms with Crippen molar-refractivity contribution in [2.24, 2.45) is 0 Å². The minimum atomic E-state index is -2.95. The van der Waals surface area contributed by atoms with Gasteiger partial charge in [0.2, 0.25) is 0 Å². The van der Waals surface area contributed by atoms with Crippen LogP contribution in [0.5, 0.6) is 0 Å². The summed E-state index contributed by atoms with van der Waals surface area (Å²) >= 11 is 0. The molecule has 2 aliphatic rings. The van der Waals surface area contributed by atoms with Crippen molar-refractivity contribution in [2.75, 3.05) is 0 Å². The van der Waals surface area contributed by atoms with E-state index >= 15 is 0 Å². The van der Waals surface area contributed by atoms with Crippen LogP contribution in [0.1, 0.15) is 32.1 Å². The topological polar surface area (TPSA) is 54.4 Å². The van der Waals surface area contributed by atoms with Gasteiger partial charge in [0.05, 0.1) is 16.1 Å². The summed E-state index contributed by atoms with van der Waals surface area (Å²) in [7, 11) is -2.95. The highest BCUT2D eigenvalue weighted by Crippen LogP contribution is 2.44. The van der Waals surface area contributed by atoms with Gasteiger partial charge in [0.25, 0.3) is 0 Å². The largest absolute Gasteiger partial charge is 0.389 e. The number of rotatable bonds is 1. The van der Waals surface area contributed by atoms with Gasteiger partial charge in [-0.2, -0.15) is 0 Å². The Hall–Kier alpha value is -0.530. The normalized spacial score (nSPS) is 44.6. The molecular weight excluding hydrogens is 200 g/mol. The Bertz CT molecular complexity index is 357. The molecule has 3 nitrogen and oxygen atoms in total. The first-order valence-electron chi connectivity index (χ1n) is 4.86. The summed E-state index contributed by atoms with van der Waals surface area (Å²) in [6.45, 7) is 0. The molecule has 0 aromatic heterocycles. The number of terminal acetylenes is 1. The molecule has 0 saturated carbocycles. The van der Waals surface area contributed by atoms with Gasteiger partial charge in [-0.1, -0.05) is 0 Å². The van der Waals surface area contributed by atoms with Crippen molar-refractivity contribution in [1.29, 1.82) is 0 Å². The van der Waals surface area contributed by atoms with Crippen LogP contribution in [-0.2, 0) is 9.84 Å². The maximum atomic E-state index is 11.7. The van der Waals surface area contributed by atoms with Gasteiger partial charge < -0.3 is 5.11 Å². The molecule has 0 amide bonds. The van der Waals surface area contributed by atoms with Gasteiger partial charge in [-0.3, -0.25) is 0 Å². The second-order valence-corrected chi connectivity index (χ2v) is 6.94. The van der Waals surface area contributed by atoms with Crippen molar-refractivity contribution in [1.82, 2.24) is 0 Å². The van der Waals surface area contributed by atoms with E-state index < -0.39 is 15.4 Å². The fraction of sp³-hybridized carbons (Fsp3) is 0.800. The van der Waals surface area contributed by atoms with Crippen LogP contribution in [0.15, 0.2) is 0 Å². The number of fused-ring (bicyclic) bond motifs is 2. The van der Waals surface area contributed by atoms with Crippen molar-refractivity contribution >= 4 is 9.84 Å². The molecule has 0 aromatic carbocycles. The Labute approximate surface area is 84.4 Å². The molecule has 2 unspecified atom stereocenters. The molecule has 78 valence electrons. The lowest BCUT2D eigenvalue weighted by molar-refractivity contribution is 0.0267. The highest BCUT2D eigenvalue weighted by Gasteiger charge is 2.52. The molecule has 2 atom stereocenters. The maximum Gasteiger partial charge on any atom is 0.156 e. The van der Waals surface area contributed by atoms with Crippen LogP contribution < -0.4 is 0 Å². The average molecular weight is 214 g/mol. The lowest BCUT2D eigenvalue weighted by atomic mass is 9.90. The van der Waals surface area contributed by atoms with Crippen LogP contribution in [0.4, 0.5) is 0 Å². The van der Waals surface area contributed by atoms with E-state index in [1.54, 1.807) is 0 Å². The fourth-order valence-corrected chi connectivity index (χ4v) is 5.23. The Morgan fingerprint density at radius 2 is 1.86 bits per heavy atom. The fourth-order valence-electron chi connectivity index (χ4n) is 2.67. The molecule has 2 bridgehead atoms. The molecule has 1 N–H and O–H groups in total. The summed E-state index contributed by atoms with van der Waals surface area (Å²) in [6, 6.07) is 0. The standard InChI is InChI=1S/C10H14O3S/c1-2-5-10(11)6-8-3-4-9(7-10)14(8,12)13/h1,8-9,11H,3-7H2. The Kier molecular flexibility index (Phi) is 2.13. The van der Waals surface area contributed by atoms with Crippen molar-refractivity contribution < 1.29 is 13.5 Å². The Balaban J connectivity index is 2.26. The van der Waals surface area contributed by atoms with Crippen LogP contribution in [-0.4, -0.2) is 29.6 Å². The zero-order valence-electron chi connectivity index (χ0n) is 7.94. The average Bonchev–Trinajstić information content (AvgIpc) is 2.31. The zero-order valence-corrected chi connectivity index (χ0v) is 8.76. The summed E-state index contributed by atoms with van der Waals surface area (Å²) in [5.41, 5.74) is -0.925. The molecule has 2 aliphatic heterocycles. The third kappa shape index (κ3) is 1.35. The van der Waals surface area contributed by atoms with Gasteiger partial charge in [-0.05, 0) is 25.7 Å². The molecule has 14 heavy (non-hydrogen) atoms. The van der Waals surface area contributed by atoms with Crippen LogP contribution >= 0.6 is 0 Å². The molecule has 0 aromatic rings. The Morgan fingerprint density at radius 3 is 2.29 bits per heavy atom. The van der Waals surface area contributed by atoms with Crippen LogP contribution in [0.2, 0.25) is 0 Å². The number of hydrogen-bond donors (Lipinski definition) is 1. The third-order valence-corrected chi connectivity index (χ3v) is 6.05. The van der Waals surface area contributed by atoms with E-state index in [0.29, 0.717) is 25.7 Å². The van der Waals surface area contributed by atoms with Crippen LogP contribution in [0.3, 0.4) is 0 Å². The molecule has 0 spiro atoms. The van der Waals surface area contributed by atoms with E-state index in [4.69, 9.17) is 6.42 Å². The molecular formula is C10H14O3S. The van der Waals surface area contributed by atoms with Gasteiger partial charge in [-0.15, -0.1) is 12.3 Å². The van der Waals surface area contributed by atoms with E-state index in [1.807, 2.05) is 0 Å². The van der Waals surface area contributed by atoms with Crippen LogP contribution in [0.25, 0.3) is 0 Å². The number of aliphatic hydroxyl groups is 1. The first kappa shape index (κ1) is 10.0. The number of sulfone groups is 1. The minimum Gasteiger partial charge on any atom is -0.389 e. The zero-order chi connectivity index (χ0) is 10.4. The minimum absolute atomic E-state index is 0.273. The van der Waals surface area contributed by atoms with Gasteiger partial charge in [0.1, 0.15) is 0 Å². The second kappa shape index (κ2) is 2.98. The van der Waals surface area contributed by atoms with Crippen molar-refractivity contribution in [3.63, 3.8) is 0 Å². The van der Waals surface area contributed by atoms with Gasteiger partial charge in [0, 0.05) is 6.42 Å². The van der Waals surface area contributed by atoms with E-state index in [0.717, 1.165) is 0 Å². The van der Waals surface area contributed by atoms with Crippen LogP contribution in [0, 0.1) is 12.3 Å². The maximum absolute atomic E-state index is 11.7. The first-order valence-corrected chi connectivity index (χ1v) is 6.47. The van der Waals surface area contributed by atoms with E-state index in [1.165, 1.54) is 0 Å². The number of hydrogen-bond acceptors (Lipinski definition) is 3. The lowest BCUT2D eigenvalue weighted by Crippen LogP contribution is -2.44. The summed E-state index contributed by atoms with van der Waals surface area (Å²) in [5.74, 6) is 2.43. The second-order valence-electron chi connectivity index (χ2n) is 4.42. The molecule has 2 fully saturated rings. The lowest BCUT2D eigenvalue weighted by Gasteiger charge is -2.34. The van der Waals surface area contributed by atoms with Crippen molar-refractivity contribution in [2.45, 2.75) is 48.2 Å². The SMILES string of the molecule is C#CCC1(O)CC2CCC(C1)S2(=O)=O. The monoisotopic (exact) mass is 214 g/mol. The van der Waals surface area contributed by atoms with Gasteiger partial charge in [-0.25, -0.2) is 8.42 Å². The Morgan fingerprint density at radius 1 is 1.36 bits per heavy atom. The molecule has 4 heteroatoms. The van der Waals surface area contributed by atoms with Gasteiger partial charge in [0.15, 0.2) is 9.84 Å². The summed E-state index contributed by atoms with van der Waals surface area (Å²) in [4.78, 5) is 0. The van der Waals surface area contributed by atoms with Crippen molar-refractivity contribution in [3.05, 3.63) is 0 Å². The van der Waals surface area contributed by atoms with E-state index in [-0.39, 0.29) is 16.9 Å². The summed E-state index contributed by atoms with van der Waals surface area (Å²) in [6.07, 6.45) is 7.48. The smallest absolute Gasteiger partial charge is 0.156 e. The van der Waals surface area contributed by atoms with Crippen molar-refractivity contribution in [3.8, 4) is 12.3 Å². The molecule has 0 radical (unpaired) electrons.